The SMILES string of the molecule is CCCCC(CC)C(=O)N(CCN(C)C)C(CC)c1nc2ccccc2c(=O)n1-c1ccc(F)cc1. The number of carbonyl (C=O) groups is 1. The summed E-state index contributed by atoms with van der Waals surface area (Å²) in [7, 11) is 3.97. The number of amides is 1. The fraction of sp³-hybridized carbons (Fsp3) is 0.483. The first-order valence-corrected chi connectivity index (χ1v) is 13.0. The number of halogens is 1. The zero-order chi connectivity index (χ0) is 26.2. The quantitative estimate of drug-likeness (QED) is 0.330. The highest BCUT2D eigenvalue weighted by molar-refractivity contribution is 5.80. The molecule has 1 aromatic heterocycles. The van der Waals surface area contributed by atoms with Gasteiger partial charge in [-0.2, -0.15) is 0 Å². The monoisotopic (exact) mass is 494 g/mol. The Morgan fingerprint density at radius 1 is 1.00 bits per heavy atom. The molecule has 2 aromatic carbocycles. The lowest BCUT2D eigenvalue weighted by molar-refractivity contribution is -0.139. The largest absolute Gasteiger partial charge is 0.331 e. The second kappa shape index (κ2) is 12.8. The number of nitrogens with zero attached hydrogens (tertiary/aromatic N) is 4. The van der Waals surface area contributed by atoms with Crippen molar-refractivity contribution >= 4 is 16.8 Å². The molecule has 3 rings (SSSR count). The predicted molar refractivity (Wildman–Crippen MR) is 144 cm³/mol. The minimum atomic E-state index is -0.407. The Labute approximate surface area is 213 Å². The second-order valence-electron chi connectivity index (χ2n) is 9.61. The van der Waals surface area contributed by atoms with Crippen LogP contribution in [0.25, 0.3) is 16.6 Å². The fourth-order valence-corrected chi connectivity index (χ4v) is 4.67. The first-order valence-electron chi connectivity index (χ1n) is 13.0. The van der Waals surface area contributed by atoms with Crippen molar-refractivity contribution in [2.24, 2.45) is 5.92 Å². The summed E-state index contributed by atoms with van der Waals surface area (Å²) < 4.78 is 15.3. The molecule has 0 N–H and O–H groups in total. The lowest BCUT2D eigenvalue weighted by atomic mass is 9.96. The van der Waals surface area contributed by atoms with Gasteiger partial charge in [0.15, 0.2) is 0 Å². The van der Waals surface area contributed by atoms with E-state index in [2.05, 4.69) is 18.7 Å². The van der Waals surface area contributed by atoms with Crippen molar-refractivity contribution in [1.29, 1.82) is 0 Å². The van der Waals surface area contributed by atoms with Crippen molar-refractivity contribution in [2.45, 2.75) is 58.9 Å². The van der Waals surface area contributed by atoms with Crippen molar-refractivity contribution in [2.75, 3.05) is 27.2 Å². The normalized spacial score (nSPS) is 13.2. The van der Waals surface area contributed by atoms with Crippen LogP contribution in [0.1, 0.15) is 64.7 Å². The highest BCUT2D eigenvalue weighted by Crippen LogP contribution is 2.29. The maximum atomic E-state index is 14.0. The molecule has 2 atom stereocenters. The van der Waals surface area contributed by atoms with Gasteiger partial charge in [-0.25, -0.2) is 9.37 Å². The molecule has 0 aliphatic heterocycles. The molecule has 0 saturated heterocycles. The second-order valence-corrected chi connectivity index (χ2v) is 9.61. The third kappa shape index (κ3) is 6.19. The van der Waals surface area contributed by atoms with Gasteiger partial charge >= 0.3 is 0 Å². The molecule has 1 heterocycles. The van der Waals surface area contributed by atoms with Crippen LogP contribution in [0.15, 0.2) is 53.3 Å². The molecular weight excluding hydrogens is 455 g/mol. The van der Waals surface area contributed by atoms with Gasteiger partial charge in [0.25, 0.3) is 5.56 Å². The van der Waals surface area contributed by atoms with E-state index in [4.69, 9.17) is 4.98 Å². The van der Waals surface area contributed by atoms with Crippen LogP contribution in [0.5, 0.6) is 0 Å². The molecule has 7 heteroatoms. The molecule has 194 valence electrons. The summed E-state index contributed by atoms with van der Waals surface area (Å²) in [5, 5.41) is 0.487. The van der Waals surface area contributed by atoms with Gasteiger partial charge in [-0.1, -0.05) is 45.7 Å². The molecule has 0 aliphatic rings. The average Bonchev–Trinajstić information content (AvgIpc) is 2.87. The molecule has 36 heavy (non-hydrogen) atoms. The summed E-state index contributed by atoms with van der Waals surface area (Å²) in [5.41, 5.74) is 0.900. The maximum absolute atomic E-state index is 14.0. The predicted octanol–water partition coefficient (Wildman–Crippen LogP) is 5.58. The molecular formula is C29H39FN4O2. The number of carbonyl (C=O) groups excluding carboxylic acids is 1. The molecule has 3 aromatic rings. The molecule has 0 fully saturated rings. The summed E-state index contributed by atoms with van der Waals surface area (Å²) >= 11 is 0. The number of hydrogen-bond acceptors (Lipinski definition) is 4. The number of benzene rings is 2. The summed E-state index contributed by atoms with van der Waals surface area (Å²) in [6.45, 7) is 7.44. The van der Waals surface area contributed by atoms with Gasteiger partial charge < -0.3 is 9.80 Å². The Bertz CT molecular complexity index is 1210. The minimum Gasteiger partial charge on any atom is -0.331 e. The standard InChI is InChI=1S/C29H39FN4O2/c1-6-9-12-21(7-2)28(35)33(20-19-32(4)5)26(8-3)27-31-25-14-11-10-13-24(25)29(36)34(27)23-17-15-22(30)16-18-23/h10-11,13-18,21,26H,6-9,12,19-20H2,1-5H3. The topological polar surface area (TPSA) is 58.4 Å². The van der Waals surface area contributed by atoms with Crippen molar-refractivity contribution < 1.29 is 9.18 Å². The number of aromatic nitrogens is 2. The zero-order valence-corrected chi connectivity index (χ0v) is 22.2. The number of hydrogen-bond donors (Lipinski definition) is 0. The molecule has 2 unspecified atom stereocenters. The van der Waals surface area contributed by atoms with Gasteiger partial charge in [-0.3, -0.25) is 14.2 Å². The molecule has 0 radical (unpaired) electrons. The van der Waals surface area contributed by atoms with Crippen molar-refractivity contribution in [3.63, 3.8) is 0 Å². The van der Waals surface area contributed by atoms with Gasteiger partial charge in [0.05, 0.1) is 22.6 Å². The average molecular weight is 495 g/mol. The molecule has 0 saturated carbocycles. The Morgan fingerprint density at radius 3 is 2.31 bits per heavy atom. The summed E-state index contributed by atoms with van der Waals surface area (Å²) in [4.78, 5) is 36.6. The van der Waals surface area contributed by atoms with Crippen molar-refractivity contribution in [1.82, 2.24) is 19.4 Å². The van der Waals surface area contributed by atoms with Crippen LogP contribution < -0.4 is 5.56 Å². The van der Waals surface area contributed by atoms with E-state index in [0.717, 1.165) is 25.7 Å². The van der Waals surface area contributed by atoms with E-state index in [0.29, 0.717) is 41.9 Å². The van der Waals surface area contributed by atoms with Crippen molar-refractivity contribution in [3.8, 4) is 5.69 Å². The summed E-state index contributed by atoms with van der Waals surface area (Å²) in [6, 6.07) is 12.7. The molecule has 0 spiro atoms. The van der Waals surface area contributed by atoms with Crippen LogP contribution in [-0.4, -0.2) is 52.4 Å². The van der Waals surface area contributed by atoms with Crippen LogP contribution in [0.4, 0.5) is 4.39 Å². The van der Waals surface area contributed by atoms with E-state index in [9.17, 15) is 14.0 Å². The molecule has 0 aliphatic carbocycles. The lowest BCUT2D eigenvalue weighted by Crippen LogP contribution is -2.44. The van der Waals surface area contributed by atoms with Gasteiger partial charge in [-0.05, 0) is 69.8 Å². The number of likely N-dealkylation sites (N-methyl/N-ethyl adjacent to an activating group) is 1. The highest BCUT2D eigenvalue weighted by atomic mass is 19.1. The van der Waals surface area contributed by atoms with E-state index in [1.165, 1.54) is 12.1 Å². The number of para-hydroxylation sites is 1. The Hall–Kier alpha value is -3.06. The Balaban J connectivity index is 2.22. The highest BCUT2D eigenvalue weighted by Gasteiger charge is 2.32. The zero-order valence-electron chi connectivity index (χ0n) is 22.2. The number of rotatable bonds is 12. The Kier molecular flexibility index (Phi) is 9.76. The van der Waals surface area contributed by atoms with Crippen LogP contribution in [0, 0.1) is 11.7 Å². The third-order valence-electron chi connectivity index (χ3n) is 6.77. The number of fused-ring (bicyclic) bond motifs is 1. The third-order valence-corrected chi connectivity index (χ3v) is 6.77. The van der Waals surface area contributed by atoms with Crippen LogP contribution >= 0.6 is 0 Å². The number of unbranched alkanes of at least 4 members (excludes halogenated alkanes) is 1. The van der Waals surface area contributed by atoms with E-state index < -0.39 is 6.04 Å². The van der Waals surface area contributed by atoms with Crippen molar-refractivity contribution in [3.05, 3.63) is 70.5 Å². The van der Waals surface area contributed by atoms with Crippen LogP contribution in [0.3, 0.4) is 0 Å². The van der Waals surface area contributed by atoms with Gasteiger partial charge in [0.1, 0.15) is 11.6 Å². The van der Waals surface area contributed by atoms with E-state index >= 15 is 0 Å². The maximum Gasteiger partial charge on any atom is 0.266 e. The molecule has 1 amide bonds. The molecule has 6 nitrogen and oxygen atoms in total. The van der Waals surface area contributed by atoms with Gasteiger partial charge in [0, 0.05) is 19.0 Å². The van der Waals surface area contributed by atoms with E-state index in [-0.39, 0.29) is 23.2 Å². The van der Waals surface area contributed by atoms with E-state index in [1.807, 2.05) is 44.1 Å². The van der Waals surface area contributed by atoms with Gasteiger partial charge in [0.2, 0.25) is 5.91 Å². The van der Waals surface area contributed by atoms with E-state index in [1.54, 1.807) is 22.8 Å². The van der Waals surface area contributed by atoms with Crippen LogP contribution in [0.2, 0.25) is 0 Å². The van der Waals surface area contributed by atoms with Gasteiger partial charge in [-0.15, -0.1) is 0 Å². The Morgan fingerprint density at radius 2 is 1.69 bits per heavy atom. The lowest BCUT2D eigenvalue weighted by Gasteiger charge is -2.35. The minimum absolute atomic E-state index is 0.0763. The summed E-state index contributed by atoms with van der Waals surface area (Å²) in [5.74, 6) is 0.157. The molecule has 0 bridgehead atoms. The first-order chi connectivity index (χ1) is 17.3. The smallest absolute Gasteiger partial charge is 0.266 e. The van der Waals surface area contributed by atoms with Crippen LogP contribution in [-0.2, 0) is 4.79 Å². The summed E-state index contributed by atoms with van der Waals surface area (Å²) in [6.07, 6.45) is 4.24. The fourth-order valence-electron chi connectivity index (χ4n) is 4.67. The first kappa shape index (κ1) is 27.5.